The molecule has 19 heavy (non-hydrogen) atoms. The van der Waals surface area contributed by atoms with Gasteiger partial charge in [-0.2, -0.15) is 0 Å². The lowest BCUT2D eigenvalue weighted by molar-refractivity contribution is -0.139. The lowest BCUT2D eigenvalue weighted by Crippen LogP contribution is -2.13. The molecule has 0 fully saturated rings. The monoisotopic (exact) mass is 272 g/mol. The molecule has 0 aliphatic heterocycles. The minimum atomic E-state index is -0.327. The number of methoxy groups -OCH3 is 1. The van der Waals surface area contributed by atoms with E-state index in [-0.39, 0.29) is 12.1 Å². The van der Waals surface area contributed by atoms with E-state index in [1.54, 1.807) is 14.0 Å². The minimum Gasteiger partial charge on any atom is -0.462 e. The summed E-state index contributed by atoms with van der Waals surface area (Å²) in [6.07, 6.45) is 6.94. The van der Waals surface area contributed by atoms with Crippen molar-refractivity contribution in [2.24, 2.45) is 0 Å². The van der Waals surface area contributed by atoms with E-state index in [9.17, 15) is 9.90 Å². The van der Waals surface area contributed by atoms with Crippen LogP contribution in [0.15, 0.2) is 12.2 Å². The van der Waals surface area contributed by atoms with Crippen molar-refractivity contribution in [1.29, 1.82) is 0 Å². The largest absolute Gasteiger partial charge is 0.462 e. The van der Waals surface area contributed by atoms with Crippen LogP contribution in [0.3, 0.4) is 0 Å². The van der Waals surface area contributed by atoms with Crippen LogP contribution in [0.1, 0.15) is 51.9 Å². The van der Waals surface area contributed by atoms with Crippen molar-refractivity contribution < 1.29 is 19.4 Å². The molecule has 0 spiro atoms. The first-order valence-corrected chi connectivity index (χ1v) is 7.07. The van der Waals surface area contributed by atoms with Crippen LogP contribution in [0.2, 0.25) is 0 Å². The van der Waals surface area contributed by atoms with Crippen LogP contribution in [-0.4, -0.2) is 37.5 Å². The summed E-state index contributed by atoms with van der Waals surface area (Å²) in [6, 6.07) is 0. The third-order valence-electron chi connectivity index (χ3n) is 2.87. The summed E-state index contributed by atoms with van der Waals surface area (Å²) >= 11 is 0. The van der Waals surface area contributed by atoms with E-state index in [2.05, 4.69) is 6.58 Å². The number of carbonyl (C=O) groups excluding carboxylic acids is 1. The lowest BCUT2D eigenvalue weighted by Gasteiger charge is -2.08. The fraction of sp³-hybridized carbons (Fsp3) is 0.800. The van der Waals surface area contributed by atoms with E-state index in [0.717, 1.165) is 44.9 Å². The van der Waals surface area contributed by atoms with Gasteiger partial charge in [-0.3, -0.25) is 0 Å². The number of hydrogen-bond acceptors (Lipinski definition) is 4. The second-order valence-electron chi connectivity index (χ2n) is 4.94. The van der Waals surface area contributed by atoms with Crippen LogP contribution >= 0.6 is 0 Å². The molecule has 0 aromatic rings. The van der Waals surface area contributed by atoms with Gasteiger partial charge in [-0.05, 0) is 19.8 Å². The van der Waals surface area contributed by atoms with Crippen LogP contribution in [0.25, 0.3) is 0 Å². The summed E-state index contributed by atoms with van der Waals surface area (Å²) in [5, 5.41) is 9.44. The highest BCUT2D eigenvalue weighted by molar-refractivity contribution is 5.86. The second-order valence-corrected chi connectivity index (χ2v) is 4.94. The molecule has 0 rings (SSSR count). The van der Waals surface area contributed by atoms with Crippen LogP contribution in [0, 0.1) is 0 Å². The molecular weight excluding hydrogens is 244 g/mol. The summed E-state index contributed by atoms with van der Waals surface area (Å²) in [4.78, 5) is 11.1. The molecule has 0 aliphatic rings. The maximum absolute atomic E-state index is 11.1. The fourth-order valence-electron chi connectivity index (χ4n) is 1.75. The van der Waals surface area contributed by atoms with E-state index < -0.39 is 0 Å². The fourth-order valence-corrected chi connectivity index (χ4v) is 1.75. The Morgan fingerprint density at radius 1 is 1.16 bits per heavy atom. The first kappa shape index (κ1) is 18.1. The van der Waals surface area contributed by atoms with Crippen molar-refractivity contribution in [1.82, 2.24) is 0 Å². The van der Waals surface area contributed by atoms with Crippen LogP contribution in [0.4, 0.5) is 0 Å². The first-order chi connectivity index (χ1) is 9.07. The molecule has 0 heterocycles. The van der Waals surface area contributed by atoms with E-state index in [0.29, 0.717) is 18.8 Å². The highest BCUT2D eigenvalue weighted by Gasteiger charge is 2.03. The van der Waals surface area contributed by atoms with Gasteiger partial charge >= 0.3 is 5.97 Å². The Morgan fingerprint density at radius 3 is 2.32 bits per heavy atom. The van der Waals surface area contributed by atoms with E-state index in [1.165, 1.54) is 0 Å². The van der Waals surface area contributed by atoms with Crippen molar-refractivity contribution in [3.63, 3.8) is 0 Å². The summed E-state index contributed by atoms with van der Waals surface area (Å²) in [7, 11) is 1.60. The molecule has 0 saturated heterocycles. The average Bonchev–Trinajstić information content (AvgIpc) is 2.36. The third-order valence-corrected chi connectivity index (χ3v) is 2.87. The normalized spacial score (nSPS) is 12.2. The van der Waals surface area contributed by atoms with Gasteiger partial charge in [0.1, 0.15) is 0 Å². The molecule has 0 aromatic carbocycles. The van der Waals surface area contributed by atoms with Gasteiger partial charge in [0.15, 0.2) is 0 Å². The van der Waals surface area contributed by atoms with E-state index >= 15 is 0 Å². The molecule has 4 nitrogen and oxygen atoms in total. The van der Waals surface area contributed by atoms with Gasteiger partial charge in [-0.1, -0.05) is 38.7 Å². The topological polar surface area (TPSA) is 55.8 Å². The Bertz CT molecular complexity index is 251. The molecule has 0 radical (unpaired) electrons. The molecule has 1 N–H and O–H groups in total. The summed E-state index contributed by atoms with van der Waals surface area (Å²) < 4.78 is 9.87. The number of aliphatic hydroxyl groups is 1. The van der Waals surface area contributed by atoms with Crippen LogP contribution < -0.4 is 0 Å². The van der Waals surface area contributed by atoms with Gasteiger partial charge in [-0.15, -0.1) is 0 Å². The number of rotatable bonds is 12. The standard InChI is InChI=1S/C15H28O4/c1-13(2)15(17)19-11-9-7-5-4-6-8-10-14(16)12-18-3/h14,16H,1,4-12H2,2-3H3. The smallest absolute Gasteiger partial charge is 0.333 e. The lowest BCUT2D eigenvalue weighted by atomic mass is 10.1. The maximum atomic E-state index is 11.1. The summed E-state index contributed by atoms with van der Waals surface area (Å²) in [5.41, 5.74) is 0.453. The summed E-state index contributed by atoms with van der Waals surface area (Å²) in [6.45, 7) is 6.09. The van der Waals surface area contributed by atoms with Crippen molar-refractivity contribution >= 4 is 5.97 Å². The van der Waals surface area contributed by atoms with Crippen molar-refractivity contribution in [3.8, 4) is 0 Å². The molecule has 1 unspecified atom stereocenters. The molecule has 112 valence electrons. The Hall–Kier alpha value is -0.870. The summed E-state index contributed by atoms with van der Waals surface area (Å²) in [5.74, 6) is -0.299. The van der Waals surface area contributed by atoms with Crippen LogP contribution in [-0.2, 0) is 14.3 Å². The van der Waals surface area contributed by atoms with Gasteiger partial charge in [-0.25, -0.2) is 4.79 Å². The maximum Gasteiger partial charge on any atom is 0.333 e. The van der Waals surface area contributed by atoms with Gasteiger partial charge in [0.05, 0.1) is 19.3 Å². The Kier molecular flexibility index (Phi) is 11.6. The number of ether oxygens (including phenoxy) is 2. The van der Waals surface area contributed by atoms with Crippen molar-refractivity contribution in [3.05, 3.63) is 12.2 Å². The molecule has 0 amide bonds. The zero-order valence-electron chi connectivity index (χ0n) is 12.3. The van der Waals surface area contributed by atoms with Gasteiger partial charge in [0.2, 0.25) is 0 Å². The predicted octanol–water partition coefficient (Wildman–Crippen LogP) is 2.84. The SMILES string of the molecule is C=C(C)C(=O)OCCCCCCCCC(O)COC. The van der Waals surface area contributed by atoms with E-state index in [4.69, 9.17) is 9.47 Å². The predicted molar refractivity (Wildman–Crippen MR) is 76.0 cm³/mol. The molecular formula is C15H28O4. The third kappa shape index (κ3) is 11.9. The van der Waals surface area contributed by atoms with Gasteiger partial charge < -0.3 is 14.6 Å². The van der Waals surface area contributed by atoms with Crippen molar-refractivity contribution in [2.45, 2.75) is 58.0 Å². The molecule has 1 atom stereocenters. The van der Waals surface area contributed by atoms with Gasteiger partial charge in [0.25, 0.3) is 0 Å². The number of carbonyl (C=O) groups is 1. The van der Waals surface area contributed by atoms with Crippen LogP contribution in [0.5, 0.6) is 0 Å². The highest BCUT2D eigenvalue weighted by atomic mass is 16.5. The number of esters is 1. The zero-order valence-corrected chi connectivity index (χ0v) is 12.3. The second kappa shape index (κ2) is 12.2. The Labute approximate surface area is 116 Å². The zero-order chi connectivity index (χ0) is 14.5. The Balaban J connectivity index is 3.19. The molecule has 0 aromatic heterocycles. The molecule has 4 heteroatoms. The first-order valence-electron chi connectivity index (χ1n) is 7.07. The van der Waals surface area contributed by atoms with E-state index in [1.807, 2.05) is 0 Å². The number of hydrogen-bond donors (Lipinski definition) is 1. The highest BCUT2D eigenvalue weighted by Crippen LogP contribution is 2.09. The Morgan fingerprint density at radius 2 is 1.74 bits per heavy atom. The number of aliphatic hydroxyl groups excluding tert-OH is 1. The quantitative estimate of drug-likeness (QED) is 0.337. The minimum absolute atomic E-state index is 0.299. The number of unbranched alkanes of at least 4 members (excludes halogenated alkanes) is 5. The molecule has 0 saturated carbocycles. The molecule has 0 aliphatic carbocycles. The van der Waals surface area contributed by atoms with Gasteiger partial charge in [0, 0.05) is 12.7 Å². The molecule has 0 bridgehead atoms. The van der Waals surface area contributed by atoms with Crippen molar-refractivity contribution in [2.75, 3.05) is 20.3 Å². The average molecular weight is 272 g/mol.